The molecule has 0 N–H and O–H groups in total. The SMILES string of the molecule is C=C1c2ccoc2CC2C1C(OC(C)=O)C(OC(C)=O)C1C(C)(C)CCCC21C. The maximum absolute atomic E-state index is 12.1. The number of hydrogen-bond donors (Lipinski definition) is 0. The molecule has 3 aliphatic rings. The largest absolute Gasteiger partial charge is 0.469 e. The van der Waals surface area contributed by atoms with E-state index in [1.807, 2.05) is 6.07 Å². The summed E-state index contributed by atoms with van der Waals surface area (Å²) < 4.78 is 17.7. The lowest BCUT2D eigenvalue weighted by Gasteiger charge is -2.63. The van der Waals surface area contributed by atoms with Crippen molar-refractivity contribution < 1.29 is 23.5 Å². The molecule has 0 aliphatic heterocycles. The van der Waals surface area contributed by atoms with Crippen LogP contribution in [0.5, 0.6) is 0 Å². The average Bonchev–Trinajstić information content (AvgIpc) is 3.06. The maximum Gasteiger partial charge on any atom is 0.303 e. The minimum absolute atomic E-state index is 0.0404. The van der Waals surface area contributed by atoms with E-state index in [0.29, 0.717) is 0 Å². The Bertz CT molecular complexity index is 849. The third kappa shape index (κ3) is 3.04. The second kappa shape index (κ2) is 6.75. The summed E-state index contributed by atoms with van der Waals surface area (Å²) in [6.45, 7) is 14.1. The molecule has 0 bridgehead atoms. The molecule has 5 heteroatoms. The van der Waals surface area contributed by atoms with Crippen molar-refractivity contribution >= 4 is 17.5 Å². The van der Waals surface area contributed by atoms with Crippen LogP contribution in [-0.2, 0) is 25.5 Å². The van der Waals surface area contributed by atoms with Crippen LogP contribution < -0.4 is 0 Å². The summed E-state index contributed by atoms with van der Waals surface area (Å²) in [7, 11) is 0. The van der Waals surface area contributed by atoms with Crippen LogP contribution in [0, 0.1) is 28.6 Å². The second-order valence-electron chi connectivity index (χ2n) is 10.1. The zero-order valence-electron chi connectivity index (χ0n) is 18.1. The summed E-state index contributed by atoms with van der Waals surface area (Å²) in [6.07, 6.45) is 4.72. The minimum atomic E-state index is -0.535. The molecule has 0 amide bonds. The topological polar surface area (TPSA) is 65.7 Å². The third-order valence-electron chi connectivity index (χ3n) is 7.88. The first-order chi connectivity index (χ1) is 13.6. The number of carbonyl (C=O) groups is 2. The van der Waals surface area contributed by atoms with Crippen LogP contribution in [0.25, 0.3) is 5.57 Å². The quantitative estimate of drug-likeness (QED) is 0.668. The molecule has 1 heterocycles. The van der Waals surface area contributed by atoms with Crippen molar-refractivity contribution in [3.05, 3.63) is 30.2 Å². The molecule has 1 aromatic rings. The Kier molecular flexibility index (Phi) is 4.71. The lowest BCUT2D eigenvalue weighted by molar-refractivity contribution is -0.226. The molecule has 3 aliphatic carbocycles. The van der Waals surface area contributed by atoms with Gasteiger partial charge in [0.05, 0.1) is 6.26 Å². The van der Waals surface area contributed by atoms with E-state index in [2.05, 4.69) is 27.4 Å². The zero-order valence-corrected chi connectivity index (χ0v) is 18.1. The molecule has 29 heavy (non-hydrogen) atoms. The van der Waals surface area contributed by atoms with Gasteiger partial charge in [0, 0.05) is 37.7 Å². The fraction of sp³-hybridized carbons (Fsp3) is 0.667. The van der Waals surface area contributed by atoms with E-state index < -0.39 is 12.2 Å². The van der Waals surface area contributed by atoms with E-state index in [1.165, 1.54) is 13.8 Å². The summed E-state index contributed by atoms with van der Waals surface area (Å²) in [5.41, 5.74) is 1.82. The first-order valence-electron chi connectivity index (χ1n) is 10.7. The normalized spacial score (nSPS) is 37.7. The number of esters is 2. The highest BCUT2D eigenvalue weighted by Gasteiger charge is 2.65. The average molecular weight is 401 g/mol. The van der Waals surface area contributed by atoms with Crippen molar-refractivity contribution in [3.8, 4) is 0 Å². The summed E-state index contributed by atoms with van der Waals surface area (Å²) >= 11 is 0. The fourth-order valence-electron chi connectivity index (χ4n) is 7.02. The Morgan fingerprint density at radius 1 is 1.10 bits per heavy atom. The Balaban J connectivity index is 1.90. The van der Waals surface area contributed by atoms with Crippen molar-refractivity contribution in [2.24, 2.45) is 28.6 Å². The number of hydrogen-bond acceptors (Lipinski definition) is 5. The van der Waals surface area contributed by atoms with E-state index >= 15 is 0 Å². The summed E-state index contributed by atoms with van der Waals surface area (Å²) in [5.74, 6) is 0.487. The molecule has 1 aromatic heterocycles. The van der Waals surface area contributed by atoms with Crippen molar-refractivity contribution in [3.63, 3.8) is 0 Å². The van der Waals surface area contributed by atoms with Crippen molar-refractivity contribution in [1.82, 2.24) is 0 Å². The van der Waals surface area contributed by atoms with Crippen molar-refractivity contribution in [2.45, 2.75) is 72.5 Å². The summed E-state index contributed by atoms with van der Waals surface area (Å²) in [5, 5.41) is 0. The lowest BCUT2D eigenvalue weighted by Crippen LogP contribution is -2.65. The van der Waals surface area contributed by atoms with Crippen LogP contribution in [0.2, 0.25) is 0 Å². The summed E-state index contributed by atoms with van der Waals surface area (Å²) in [6, 6.07) is 1.94. The van der Waals surface area contributed by atoms with Gasteiger partial charge < -0.3 is 13.9 Å². The fourth-order valence-corrected chi connectivity index (χ4v) is 7.02. The summed E-state index contributed by atoms with van der Waals surface area (Å²) in [4.78, 5) is 24.2. The first kappa shape index (κ1) is 20.2. The lowest BCUT2D eigenvalue weighted by atomic mass is 9.43. The van der Waals surface area contributed by atoms with Gasteiger partial charge in [-0.05, 0) is 41.2 Å². The van der Waals surface area contributed by atoms with Crippen LogP contribution in [0.15, 0.2) is 23.3 Å². The number of ether oxygens (including phenoxy) is 2. The first-order valence-corrected chi connectivity index (χ1v) is 10.7. The predicted octanol–water partition coefficient (Wildman–Crippen LogP) is 4.79. The monoisotopic (exact) mass is 400 g/mol. The van der Waals surface area contributed by atoms with Gasteiger partial charge >= 0.3 is 11.9 Å². The highest BCUT2D eigenvalue weighted by molar-refractivity contribution is 5.72. The van der Waals surface area contributed by atoms with Crippen LogP contribution >= 0.6 is 0 Å². The van der Waals surface area contributed by atoms with Gasteiger partial charge in [0.15, 0.2) is 0 Å². The number of rotatable bonds is 2. The van der Waals surface area contributed by atoms with E-state index in [4.69, 9.17) is 13.9 Å². The molecule has 158 valence electrons. The van der Waals surface area contributed by atoms with Gasteiger partial charge in [-0.25, -0.2) is 0 Å². The van der Waals surface area contributed by atoms with Gasteiger partial charge in [-0.3, -0.25) is 9.59 Å². The maximum atomic E-state index is 12.1. The number of furan rings is 1. The van der Waals surface area contributed by atoms with Gasteiger partial charge in [-0.2, -0.15) is 0 Å². The van der Waals surface area contributed by atoms with Crippen LogP contribution in [-0.4, -0.2) is 24.1 Å². The molecule has 0 aromatic carbocycles. The van der Waals surface area contributed by atoms with Crippen molar-refractivity contribution in [1.29, 1.82) is 0 Å². The highest BCUT2D eigenvalue weighted by Crippen LogP contribution is 2.65. The number of carbonyl (C=O) groups excluding carboxylic acids is 2. The Morgan fingerprint density at radius 2 is 1.76 bits per heavy atom. The molecule has 6 unspecified atom stereocenters. The Hall–Kier alpha value is -2.04. The second-order valence-corrected chi connectivity index (χ2v) is 10.1. The molecule has 6 atom stereocenters. The molecule has 0 saturated heterocycles. The van der Waals surface area contributed by atoms with Crippen LogP contribution in [0.3, 0.4) is 0 Å². The zero-order chi connectivity index (χ0) is 21.1. The molecular weight excluding hydrogens is 368 g/mol. The standard InChI is InChI=1S/C24H32O5/c1-13-16-8-11-27-18(16)12-17-19(13)20(28-14(2)25)21(29-15(3)26)22-23(4,5)9-7-10-24(17,22)6/h8,11,17,19-22H,1,7,9-10,12H2,2-6H3. The van der Waals surface area contributed by atoms with Gasteiger partial charge in [0.25, 0.3) is 0 Å². The molecule has 5 nitrogen and oxygen atoms in total. The predicted molar refractivity (Wildman–Crippen MR) is 109 cm³/mol. The van der Waals surface area contributed by atoms with Gasteiger partial charge in [0.2, 0.25) is 0 Å². The molecular formula is C24H32O5. The third-order valence-corrected chi connectivity index (χ3v) is 7.88. The Labute approximate surface area is 172 Å². The number of fused-ring (bicyclic) bond motifs is 4. The van der Waals surface area contributed by atoms with E-state index in [-0.39, 0.29) is 40.5 Å². The van der Waals surface area contributed by atoms with Crippen LogP contribution in [0.1, 0.15) is 65.2 Å². The van der Waals surface area contributed by atoms with E-state index in [0.717, 1.165) is 42.6 Å². The van der Waals surface area contributed by atoms with Gasteiger partial charge in [-0.15, -0.1) is 0 Å². The molecule has 2 saturated carbocycles. The minimum Gasteiger partial charge on any atom is -0.469 e. The van der Waals surface area contributed by atoms with Crippen LogP contribution in [0.4, 0.5) is 0 Å². The Morgan fingerprint density at radius 3 is 2.41 bits per heavy atom. The molecule has 0 spiro atoms. The highest BCUT2D eigenvalue weighted by atomic mass is 16.6. The van der Waals surface area contributed by atoms with Gasteiger partial charge in [-0.1, -0.05) is 33.8 Å². The van der Waals surface area contributed by atoms with Gasteiger partial charge in [0.1, 0.15) is 18.0 Å². The molecule has 4 rings (SSSR count). The van der Waals surface area contributed by atoms with Crippen molar-refractivity contribution in [2.75, 3.05) is 0 Å². The molecule has 2 fully saturated rings. The van der Waals surface area contributed by atoms with E-state index in [1.54, 1.807) is 6.26 Å². The smallest absolute Gasteiger partial charge is 0.303 e. The van der Waals surface area contributed by atoms with E-state index in [9.17, 15) is 9.59 Å². The molecule has 0 radical (unpaired) electrons.